The first-order valence-electron chi connectivity index (χ1n) is 12.3. The van der Waals surface area contributed by atoms with Crippen LogP contribution in [0.4, 0.5) is 23.2 Å². The lowest BCUT2D eigenvalue weighted by molar-refractivity contribution is -0.137. The number of nitrogens with one attached hydrogen (secondary N) is 1. The van der Waals surface area contributed by atoms with Crippen molar-refractivity contribution in [1.82, 2.24) is 5.32 Å². The van der Waals surface area contributed by atoms with Gasteiger partial charge < -0.3 is 10.2 Å². The highest BCUT2D eigenvalue weighted by atomic mass is 32.1. The number of aryl methyl sites for hydroxylation is 1. The van der Waals surface area contributed by atoms with Crippen molar-refractivity contribution in [3.8, 4) is 6.07 Å². The number of ketones is 1. The topological polar surface area (TPSA) is 73.2 Å². The van der Waals surface area contributed by atoms with Crippen molar-refractivity contribution in [2.24, 2.45) is 5.92 Å². The number of Topliss-reactive ketones (excluding diaryl/α,β-unsaturated/α-hetero) is 1. The number of hydrogen-bond acceptors (Lipinski definition) is 4. The summed E-state index contributed by atoms with van der Waals surface area (Å²) in [6.45, 7) is 7.34. The van der Waals surface area contributed by atoms with Crippen LogP contribution in [0, 0.1) is 30.0 Å². The van der Waals surface area contributed by atoms with E-state index in [0.29, 0.717) is 41.1 Å². The molecule has 0 unspecified atom stereocenters. The van der Waals surface area contributed by atoms with E-state index in [2.05, 4.69) is 5.32 Å². The minimum atomic E-state index is -4.45. The number of nitrogens with zero attached hydrogens (tertiary/aromatic N) is 2. The van der Waals surface area contributed by atoms with Crippen LogP contribution in [0.15, 0.2) is 30.3 Å². The van der Waals surface area contributed by atoms with Gasteiger partial charge in [0.15, 0.2) is 5.78 Å². The number of halogens is 4. The standard InChI is InChI=1S/C19H23FN2O2S.C9H6F3N/c1-11(2)17(23)19(6-4-5-7-19)22(12(3)25)16-9-14-13(8-15(16)20)10-21-18(14)24;1-6-2-3-7(5-13)8(4-6)9(10,11)12/h8-9,11H,4-7,10H2,1-3H3,(H,21,24);2-4H,1H3. The van der Waals surface area contributed by atoms with Crippen LogP contribution in [0.25, 0.3) is 0 Å². The Hall–Kier alpha value is -3.32. The fourth-order valence-electron chi connectivity index (χ4n) is 5.17. The molecule has 10 heteroatoms. The van der Waals surface area contributed by atoms with E-state index in [4.69, 9.17) is 17.5 Å². The number of amides is 1. The fraction of sp³-hybridized carbons (Fsp3) is 0.429. The number of fused-ring (bicyclic) bond motifs is 1. The highest BCUT2D eigenvalue weighted by Crippen LogP contribution is 2.42. The van der Waals surface area contributed by atoms with E-state index in [-0.39, 0.29) is 28.9 Å². The molecule has 0 spiro atoms. The minimum absolute atomic E-state index is 0.0820. The van der Waals surface area contributed by atoms with E-state index in [0.717, 1.165) is 18.9 Å². The smallest absolute Gasteiger partial charge is 0.348 e. The van der Waals surface area contributed by atoms with Gasteiger partial charge in [-0.1, -0.05) is 50.5 Å². The average Bonchev–Trinajstić information content (AvgIpc) is 3.46. The molecule has 1 N–H and O–H groups in total. The van der Waals surface area contributed by atoms with E-state index in [1.54, 1.807) is 24.8 Å². The Morgan fingerprint density at radius 3 is 2.34 bits per heavy atom. The van der Waals surface area contributed by atoms with E-state index in [1.165, 1.54) is 24.3 Å². The Labute approximate surface area is 224 Å². The molecule has 2 aliphatic rings. The predicted octanol–water partition coefficient (Wildman–Crippen LogP) is 6.65. The number of anilines is 1. The first-order chi connectivity index (χ1) is 17.7. The Morgan fingerprint density at radius 1 is 1.18 bits per heavy atom. The number of alkyl halides is 3. The van der Waals surface area contributed by atoms with Gasteiger partial charge in [-0.15, -0.1) is 0 Å². The van der Waals surface area contributed by atoms with Crippen LogP contribution in [0.2, 0.25) is 0 Å². The van der Waals surface area contributed by atoms with Crippen molar-refractivity contribution in [2.75, 3.05) is 4.90 Å². The van der Waals surface area contributed by atoms with Gasteiger partial charge in [-0.3, -0.25) is 9.59 Å². The van der Waals surface area contributed by atoms with Crippen molar-refractivity contribution in [3.05, 3.63) is 64.0 Å². The molecular weight excluding hydrogens is 518 g/mol. The van der Waals surface area contributed by atoms with Gasteiger partial charge in [-0.2, -0.15) is 18.4 Å². The third-order valence-corrected chi connectivity index (χ3v) is 7.04. The summed E-state index contributed by atoms with van der Waals surface area (Å²) in [5.74, 6) is -0.745. The number of benzene rings is 2. The van der Waals surface area contributed by atoms with Gasteiger partial charge in [0.05, 0.1) is 27.9 Å². The van der Waals surface area contributed by atoms with Crippen LogP contribution in [-0.4, -0.2) is 22.2 Å². The predicted molar refractivity (Wildman–Crippen MR) is 140 cm³/mol. The number of carbonyl (C=O) groups is 2. The van der Waals surface area contributed by atoms with Crippen LogP contribution in [0.5, 0.6) is 0 Å². The van der Waals surface area contributed by atoms with Crippen molar-refractivity contribution < 1.29 is 27.2 Å². The van der Waals surface area contributed by atoms with Gasteiger partial charge in [0.2, 0.25) is 0 Å². The molecule has 1 heterocycles. The fourth-order valence-corrected chi connectivity index (χ4v) is 5.44. The summed E-state index contributed by atoms with van der Waals surface area (Å²) in [6, 6.07) is 8.08. The zero-order valence-corrected chi connectivity index (χ0v) is 22.4. The number of hydrogen-bond donors (Lipinski definition) is 1. The molecule has 0 aromatic heterocycles. The highest BCUT2D eigenvalue weighted by molar-refractivity contribution is 7.80. The molecule has 38 heavy (non-hydrogen) atoms. The lowest BCUT2D eigenvalue weighted by atomic mass is 9.83. The maximum absolute atomic E-state index is 14.9. The van der Waals surface area contributed by atoms with Crippen molar-refractivity contribution in [1.29, 1.82) is 5.26 Å². The Bertz CT molecular complexity index is 1310. The first kappa shape index (κ1) is 29.2. The van der Waals surface area contributed by atoms with Gasteiger partial charge in [0.25, 0.3) is 5.91 Å². The number of thiocarbonyl (C=S) groups is 1. The molecule has 2 aromatic carbocycles. The summed E-state index contributed by atoms with van der Waals surface area (Å²) in [7, 11) is 0. The molecule has 5 nitrogen and oxygen atoms in total. The molecule has 0 atom stereocenters. The van der Waals surface area contributed by atoms with E-state index in [1.807, 2.05) is 13.8 Å². The lowest BCUT2D eigenvalue weighted by Crippen LogP contribution is -2.56. The van der Waals surface area contributed by atoms with Crippen LogP contribution in [0.3, 0.4) is 0 Å². The lowest BCUT2D eigenvalue weighted by Gasteiger charge is -2.42. The summed E-state index contributed by atoms with van der Waals surface area (Å²) in [5.41, 5.74) is -0.185. The molecule has 0 saturated heterocycles. The van der Waals surface area contributed by atoms with E-state index in [9.17, 15) is 27.2 Å². The second-order valence-electron chi connectivity index (χ2n) is 9.91. The van der Waals surface area contributed by atoms with Crippen molar-refractivity contribution in [2.45, 2.75) is 71.6 Å². The summed E-state index contributed by atoms with van der Waals surface area (Å²) < 4.78 is 51.7. The van der Waals surface area contributed by atoms with Crippen LogP contribution < -0.4 is 10.2 Å². The van der Waals surface area contributed by atoms with E-state index < -0.39 is 23.1 Å². The molecule has 1 amide bonds. The molecule has 1 aliphatic carbocycles. The van der Waals surface area contributed by atoms with Gasteiger partial charge >= 0.3 is 6.18 Å². The van der Waals surface area contributed by atoms with Crippen molar-refractivity contribution >= 4 is 34.6 Å². The second-order valence-corrected chi connectivity index (χ2v) is 10.5. The largest absolute Gasteiger partial charge is 0.417 e. The normalized spacial score (nSPS) is 15.7. The summed E-state index contributed by atoms with van der Waals surface area (Å²) in [4.78, 5) is 27.2. The molecule has 1 aliphatic heterocycles. The molecule has 0 bridgehead atoms. The second kappa shape index (κ2) is 11.2. The monoisotopic (exact) mass is 547 g/mol. The minimum Gasteiger partial charge on any atom is -0.348 e. The molecule has 4 rings (SSSR count). The maximum Gasteiger partial charge on any atom is 0.417 e. The zero-order chi connectivity index (χ0) is 28.4. The van der Waals surface area contributed by atoms with Gasteiger partial charge in [-0.05, 0) is 56.5 Å². The summed E-state index contributed by atoms with van der Waals surface area (Å²) in [5, 5.41) is 11.1. The van der Waals surface area contributed by atoms with E-state index >= 15 is 0 Å². The molecule has 202 valence electrons. The third kappa shape index (κ3) is 5.73. The molecule has 0 radical (unpaired) electrons. The van der Waals surface area contributed by atoms with Crippen molar-refractivity contribution in [3.63, 3.8) is 0 Å². The van der Waals surface area contributed by atoms with Crippen LogP contribution in [-0.2, 0) is 17.5 Å². The SMILES string of the molecule is CC(=S)N(c1cc2c(cc1F)CNC2=O)C1(C(=O)C(C)C)CCCC1.Cc1ccc(C#N)c(C(F)(F)F)c1. The third-order valence-electron chi connectivity index (χ3n) is 6.86. The molecular formula is C28H29F4N3O2S. The quantitative estimate of drug-likeness (QED) is 0.343. The van der Waals surface area contributed by atoms with Gasteiger partial charge in [0, 0.05) is 18.0 Å². The number of nitriles is 1. The highest BCUT2D eigenvalue weighted by Gasteiger charge is 2.48. The molecule has 1 saturated carbocycles. The molecule has 1 fully saturated rings. The van der Waals surface area contributed by atoms with Crippen LogP contribution in [0.1, 0.15) is 79.1 Å². The number of carbonyl (C=O) groups excluding carboxylic acids is 2. The first-order valence-corrected chi connectivity index (χ1v) is 12.7. The Morgan fingerprint density at radius 2 is 1.82 bits per heavy atom. The van der Waals surface area contributed by atoms with Crippen LogP contribution >= 0.6 is 12.2 Å². The maximum atomic E-state index is 14.9. The van der Waals surface area contributed by atoms with Gasteiger partial charge in [-0.25, -0.2) is 4.39 Å². The number of rotatable bonds is 4. The van der Waals surface area contributed by atoms with Gasteiger partial charge in [0.1, 0.15) is 11.4 Å². The zero-order valence-electron chi connectivity index (χ0n) is 21.6. The Balaban J connectivity index is 0.000000260. The average molecular weight is 548 g/mol. The molecule has 2 aromatic rings. The summed E-state index contributed by atoms with van der Waals surface area (Å²) in [6.07, 6.45) is -1.33. The Kier molecular flexibility index (Phi) is 8.62. The summed E-state index contributed by atoms with van der Waals surface area (Å²) >= 11 is 5.44.